The SMILES string of the molecule is CCCC(CCO)CNC(=O)c1cc2c(F)cccc2[nH]1. The number of aromatic amines is 1. The molecule has 114 valence electrons. The number of halogens is 1. The molecule has 2 rings (SSSR count). The largest absolute Gasteiger partial charge is 0.396 e. The molecular formula is C16H21FN2O2. The second-order valence-corrected chi connectivity index (χ2v) is 5.26. The lowest BCUT2D eigenvalue weighted by Crippen LogP contribution is -2.30. The predicted molar refractivity (Wildman–Crippen MR) is 80.7 cm³/mol. The van der Waals surface area contributed by atoms with E-state index in [0.717, 1.165) is 12.8 Å². The van der Waals surface area contributed by atoms with E-state index >= 15 is 0 Å². The Labute approximate surface area is 123 Å². The Kier molecular flexibility index (Phi) is 5.33. The zero-order valence-corrected chi connectivity index (χ0v) is 12.2. The molecule has 0 aliphatic rings. The average Bonchev–Trinajstić information content (AvgIpc) is 2.90. The fraction of sp³-hybridized carbons (Fsp3) is 0.438. The van der Waals surface area contributed by atoms with Gasteiger partial charge in [0.25, 0.3) is 5.91 Å². The number of hydrogen-bond donors (Lipinski definition) is 3. The Morgan fingerprint density at radius 3 is 2.90 bits per heavy atom. The van der Waals surface area contributed by atoms with E-state index in [1.807, 2.05) is 0 Å². The highest BCUT2D eigenvalue weighted by Gasteiger charge is 2.13. The van der Waals surface area contributed by atoms with Crippen LogP contribution < -0.4 is 5.32 Å². The van der Waals surface area contributed by atoms with Crippen LogP contribution in [0.25, 0.3) is 10.9 Å². The highest BCUT2D eigenvalue weighted by molar-refractivity contribution is 5.98. The monoisotopic (exact) mass is 292 g/mol. The van der Waals surface area contributed by atoms with E-state index in [0.29, 0.717) is 29.6 Å². The molecule has 1 heterocycles. The fourth-order valence-electron chi connectivity index (χ4n) is 2.51. The summed E-state index contributed by atoms with van der Waals surface area (Å²) < 4.78 is 13.6. The molecule has 0 aliphatic carbocycles. The molecule has 1 amide bonds. The summed E-state index contributed by atoms with van der Waals surface area (Å²) in [6, 6.07) is 6.24. The van der Waals surface area contributed by atoms with Gasteiger partial charge in [0.1, 0.15) is 11.5 Å². The summed E-state index contributed by atoms with van der Waals surface area (Å²) >= 11 is 0. The number of aliphatic hydroxyl groups is 1. The van der Waals surface area contributed by atoms with Gasteiger partial charge in [-0.1, -0.05) is 19.4 Å². The number of aromatic nitrogens is 1. The molecule has 3 N–H and O–H groups in total. The maximum absolute atomic E-state index is 13.6. The van der Waals surface area contributed by atoms with Crippen LogP contribution >= 0.6 is 0 Å². The fourth-order valence-corrected chi connectivity index (χ4v) is 2.51. The van der Waals surface area contributed by atoms with Gasteiger partial charge in [0.2, 0.25) is 0 Å². The molecule has 0 fully saturated rings. The van der Waals surface area contributed by atoms with E-state index in [2.05, 4.69) is 17.2 Å². The van der Waals surface area contributed by atoms with Crippen molar-refractivity contribution in [1.29, 1.82) is 0 Å². The van der Waals surface area contributed by atoms with E-state index in [1.165, 1.54) is 12.1 Å². The number of nitrogens with one attached hydrogen (secondary N) is 2. The van der Waals surface area contributed by atoms with Crippen LogP contribution in [0.1, 0.15) is 36.7 Å². The highest BCUT2D eigenvalue weighted by Crippen LogP contribution is 2.18. The van der Waals surface area contributed by atoms with Gasteiger partial charge in [-0.05, 0) is 37.0 Å². The van der Waals surface area contributed by atoms with Crippen LogP contribution in [0.2, 0.25) is 0 Å². The van der Waals surface area contributed by atoms with Gasteiger partial charge >= 0.3 is 0 Å². The molecule has 0 aliphatic heterocycles. The van der Waals surface area contributed by atoms with E-state index < -0.39 is 0 Å². The van der Waals surface area contributed by atoms with Crippen molar-refractivity contribution >= 4 is 16.8 Å². The first kappa shape index (κ1) is 15.5. The smallest absolute Gasteiger partial charge is 0.267 e. The van der Waals surface area contributed by atoms with E-state index in [4.69, 9.17) is 5.11 Å². The summed E-state index contributed by atoms with van der Waals surface area (Å²) in [4.78, 5) is 15.0. The van der Waals surface area contributed by atoms with Crippen molar-refractivity contribution in [2.75, 3.05) is 13.2 Å². The molecule has 0 radical (unpaired) electrons. The van der Waals surface area contributed by atoms with Crippen LogP contribution in [0.4, 0.5) is 4.39 Å². The summed E-state index contributed by atoms with van der Waals surface area (Å²) in [7, 11) is 0. The minimum absolute atomic E-state index is 0.123. The second kappa shape index (κ2) is 7.22. The number of carbonyl (C=O) groups is 1. The van der Waals surface area contributed by atoms with Crippen molar-refractivity contribution in [3.8, 4) is 0 Å². The molecule has 0 saturated heterocycles. The van der Waals surface area contributed by atoms with Gasteiger partial charge in [-0.2, -0.15) is 0 Å². The molecule has 4 nitrogen and oxygen atoms in total. The third-order valence-corrected chi connectivity index (χ3v) is 3.64. The molecule has 0 bridgehead atoms. The molecule has 21 heavy (non-hydrogen) atoms. The lowest BCUT2D eigenvalue weighted by Gasteiger charge is -2.15. The summed E-state index contributed by atoms with van der Waals surface area (Å²) in [6.07, 6.45) is 2.65. The van der Waals surface area contributed by atoms with Crippen LogP contribution in [-0.4, -0.2) is 29.1 Å². The number of aliphatic hydroxyl groups excluding tert-OH is 1. The molecule has 2 aromatic rings. The normalized spacial score (nSPS) is 12.5. The molecule has 1 aromatic heterocycles. The Morgan fingerprint density at radius 2 is 2.24 bits per heavy atom. The van der Waals surface area contributed by atoms with Crippen molar-refractivity contribution < 1.29 is 14.3 Å². The number of H-pyrrole nitrogens is 1. The quantitative estimate of drug-likeness (QED) is 0.734. The van der Waals surface area contributed by atoms with E-state index in [-0.39, 0.29) is 24.2 Å². The lowest BCUT2D eigenvalue weighted by atomic mass is 10.0. The van der Waals surface area contributed by atoms with Gasteiger partial charge in [0.15, 0.2) is 0 Å². The van der Waals surface area contributed by atoms with Crippen molar-refractivity contribution in [3.05, 3.63) is 35.8 Å². The van der Waals surface area contributed by atoms with Gasteiger partial charge in [-0.25, -0.2) is 4.39 Å². The predicted octanol–water partition coefficient (Wildman–Crippen LogP) is 2.84. The van der Waals surface area contributed by atoms with Crippen molar-refractivity contribution in [3.63, 3.8) is 0 Å². The number of amides is 1. The minimum Gasteiger partial charge on any atom is -0.396 e. The molecule has 1 unspecified atom stereocenters. The summed E-state index contributed by atoms with van der Waals surface area (Å²) in [5.74, 6) is -0.318. The minimum atomic E-state index is -0.341. The molecule has 0 saturated carbocycles. The Balaban J connectivity index is 2.03. The number of carbonyl (C=O) groups excluding carboxylic acids is 1. The van der Waals surface area contributed by atoms with Gasteiger partial charge in [-0.3, -0.25) is 4.79 Å². The molecule has 1 atom stereocenters. The standard InChI is InChI=1S/C16H21FN2O2/c1-2-4-11(7-8-20)10-18-16(21)15-9-12-13(17)5-3-6-14(12)19-15/h3,5-6,9,11,19-20H,2,4,7-8,10H2,1H3,(H,18,21). The lowest BCUT2D eigenvalue weighted by molar-refractivity contribution is 0.0938. The third kappa shape index (κ3) is 3.82. The zero-order valence-electron chi connectivity index (χ0n) is 12.2. The van der Waals surface area contributed by atoms with Crippen LogP contribution in [0, 0.1) is 11.7 Å². The van der Waals surface area contributed by atoms with Crippen LogP contribution in [0.3, 0.4) is 0 Å². The van der Waals surface area contributed by atoms with Crippen molar-refractivity contribution in [1.82, 2.24) is 10.3 Å². The second-order valence-electron chi connectivity index (χ2n) is 5.26. The number of hydrogen-bond acceptors (Lipinski definition) is 2. The van der Waals surface area contributed by atoms with E-state index in [1.54, 1.807) is 12.1 Å². The van der Waals surface area contributed by atoms with Crippen LogP contribution in [-0.2, 0) is 0 Å². The third-order valence-electron chi connectivity index (χ3n) is 3.64. The van der Waals surface area contributed by atoms with Crippen LogP contribution in [0.5, 0.6) is 0 Å². The number of rotatable bonds is 7. The topological polar surface area (TPSA) is 65.1 Å². The maximum Gasteiger partial charge on any atom is 0.267 e. The number of benzene rings is 1. The van der Waals surface area contributed by atoms with Gasteiger partial charge in [0, 0.05) is 24.1 Å². The first-order chi connectivity index (χ1) is 10.2. The van der Waals surface area contributed by atoms with Gasteiger partial charge < -0.3 is 15.4 Å². The summed E-state index contributed by atoms with van der Waals surface area (Å²) in [6.45, 7) is 2.72. The van der Waals surface area contributed by atoms with Crippen LogP contribution in [0.15, 0.2) is 24.3 Å². The average molecular weight is 292 g/mol. The van der Waals surface area contributed by atoms with Gasteiger partial charge in [-0.15, -0.1) is 0 Å². The number of fused-ring (bicyclic) bond motifs is 1. The highest BCUT2D eigenvalue weighted by atomic mass is 19.1. The first-order valence-corrected chi connectivity index (χ1v) is 7.32. The van der Waals surface area contributed by atoms with Gasteiger partial charge in [0.05, 0.1) is 0 Å². The summed E-state index contributed by atoms with van der Waals surface area (Å²) in [5, 5.41) is 12.3. The van der Waals surface area contributed by atoms with Crippen molar-refractivity contribution in [2.45, 2.75) is 26.2 Å². The Hall–Kier alpha value is -1.88. The Morgan fingerprint density at radius 1 is 1.43 bits per heavy atom. The molecular weight excluding hydrogens is 271 g/mol. The molecule has 0 spiro atoms. The van der Waals surface area contributed by atoms with E-state index in [9.17, 15) is 9.18 Å². The zero-order chi connectivity index (χ0) is 15.2. The maximum atomic E-state index is 13.6. The summed E-state index contributed by atoms with van der Waals surface area (Å²) in [5.41, 5.74) is 0.968. The molecule has 5 heteroatoms. The Bertz CT molecular complexity index is 603. The first-order valence-electron chi connectivity index (χ1n) is 7.32. The molecule has 1 aromatic carbocycles. The van der Waals surface area contributed by atoms with Crippen molar-refractivity contribution in [2.24, 2.45) is 5.92 Å².